The number of aromatic nitrogens is 1. The van der Waals surface area contributed by atoms with E-state index in [4.69, 9.17) is 0 Å². The minimum Gasteiger partial charge on any atom is -0.358 e. The van der Waals surface area contributed by atoms with Gasteiger partial charge in [-0.1, -0.05) is 18.6 Å². The standard InChI is InChI=1S/C16H21NO/c1-4-13(18)6-5-7-14-12(3)17-16-9-8-11(2)10-15(14)16/h8-10,17H,4-7H2,1-3H3. The van der Waals surface area contributed by atoms with Gasteiger partial charge in [0.15, 0.2) is 0 Å². The van der Waals surface area contributed by atoms with Crippen molar-refractivity contribution in [2.45, 2.75) is 46.5 Å². The molecule has 2 rings (SSSR count). The Hall–Kier alpha value is -1.57. The van der Waals surface area contributed by atoms with E-state index in [1.165, 1.54) is 27.7 Å². The van der Waals surface area contributed by atoms with Crippen LogP contribution < -0.4 is 0 Å². The molecule has 0 saturated heterocycles. The molecule has 2 aromatic rings. The average molecular weight is 243 g/mol. The number of fused-ring (bicyclic) bond motifs is 1. The highest BCUT2D eigenvalue weighted by Crippen LogP contribution is 2.24. The zero-order valence-electron chi connectivity index (χ0n) is 11.5. The Labute approximate surface area is 108 Å². The molecule has 0 aliphatic carbocycles. The van der Waals surface area contributed by atoms with Gasteiger partial charge in [0.1, 0.15) is 5.78 Å². The van der Waals surface area contributed by atoms with Crippen molar-refractivity contribution in [3.63, 3.8) is 0 Å². The third-order valence-electron chi connectivity index (χ3n) is 3.55. The normalized spacial score (nSPS) is 11.1. The third-order valence-corrected chi connectivity index (χ3v) is 3.55. The fourth-order valence-electron chi connectivity index (χ4n) is 2.46. The van der Waals surface area contributed by atoms with Gasteiger partial charge in [0.05, 0.1) is 0 Å². The van der Waals surface area contributed by atoms with E-state index in [9.17, 15) is 4.79 Å². The van der Waals surface area contributed by atoms with Crippen LogP contribution in [-0.4, -0.2) is 10.8 Å². The summed E-state index contributed by atoms with van der Waals surface area (Å²) in [6, 6.07) is 6.50. The summed E-state index contributed by atoms with van der Waals surface area (Å²) in [6.07, 6.45) is 3.30. The second-order valence-corrected chi connectivity index (χ2v) is 5.02. The largest absolute Gasteiger partial charge is 0.358 e. The van der Waals surface area contributed by atoms with Crippen molar-refractivity contribution in [3.8, 4) is 0 Å². The molecule has 0 radical (unpaired) electrons. The Balaban J connectivity index is 2.19. The lowest BCUT2D eigenvalue weighted by Crippen LogP contribution is -1.96. The van der Waals surface area contributed by atoms with Crippen molar-refractivity contribution in [2.75, 3.05) is 0 Å². The molecule has 18 heavy (non-hydrogen) atoms. The van der Waals surface area contributed by atoms with Gasteiger partial charge in [0, 0.05) is 29.4 Å². The van der Waals surface area contributed by atoms with E-state index in [1.807, 2.05) is 6.92 Å². The molecule has 0 aliphatic heterocycles. The van der Waals surface area contributed by atoms with E-state index in [1.54, 1.807) is 0 Å². The van der Waals surface area contributed by atoms with Gasteiger partial charge in [-0.15, -0.1) is 0 Å². The molecule has 0 saturated carbocycles. The van der Waals surface area contributed by atoms with E-state index >= 15 is 0 Å². The number of benzene rings is 1. The Kier molecular flexibility index (Phi) is 3.85. The van der Waals surface area contributed by atoms with Crippen LogP contribution in [0.5, 0.6) is 0 Å². The van der Waals surface area contributed by atoms with Crippen molar-refractivity contribution in [1.82, 2.24) is 4.98 Å². The van der Waals surface area contributed by atoms with Crippen LogP contribution in [0, 0.1) is 13.8 Å². The summed E-state index contributed by atoms with van der Waals surface area (Å²) < 4.78 is 0. The van der Waals surface area contributed by atoms with E-state index in [-0.39, 0.29) is 0 Å². The van der Waals surface area contributed by atoms with Crippen molar-refractivity contribution in [2.24, 2.45) is 0 Å². The highest BCUT2D eigenvalue weighted by atomic mass is 16.1. The summed E-state index contributed by atoms with van der Waals surface area (Å²) in [6.45, 7) is 6.17. The molecule has 1 heterocycles. The van der Waals surface area contributed by atoms with Crippen LogP contribution in [-0.2, 0) is 11.2 Å². The zero-order valence-corrected chi connectivity index (χ0v) is 11.5. The second-order valence-electron chi connectivity index (χ2n) is 5.02. The maximum absolute atomic E-state index is 11.3. The van der Waals surface area contributed by atoms with Gasteiger partial charge in [0.25, 0.3) is 0 Å². The number of nitrogens with one attached hydrogen (secondary N) is 1. The number of ketones is 1. The van der Waals surface area contributed by atoms with Crippen molar-refractivity contribution >= 4 is 16.7 Å². The van der Waals surface area contributed by atoms with Gasteiger partial charge < -0.3 is 4.98 Å². The van der Waals surface area contributed by atoms with Crippen LogP contribution in [0.1, 0.15) is 43.0 Å². The van der Waals surface area contributed by atoms with Crippen molar-refractivity contribution in [1.29, 1.82) is 0 Å². The lowest BCUT2D eigenvalue weighted by molar-refractivity contribution is -0.118. The monoisotopic (exact) mass is 243 g/mol. The number of aryl methyl sites for hydroxylation is 3. The van der Waals surface area contributed by atoms with E-state index < -0.39 is 0 Å². The number of hydrogen-bond acceptors (Lipinski definition) is 1. The minimum absolute atomic E-state index is 0.365. The maximum atomic E-state index is 11.3. The molecule has 1 N–H and O–H groups in total. The number of rotatable bonds is 5. The van der Waals surface area contributed by atoms with Gasteiger partial charge >= 0.3 is 0 Å². The Bertz CT molecular complexity index is 566. The molecule has 1 aromatic heterocycles. The van der Waals surface area contributed by atoms with Crippen LogP contribution in [0.25, 0.3) is 10.9 Å². The van der Waals surface area contributed by atoms with Gasteiger partial charge in [-0.3, -0.25) is 4.79 Å². The quantitative estimate of drug-likeness (QED) is 0.843. The average Bonchev–Trinajstić information content (AvgIpc) is 2.65. The van der Waals surface area contributed by atoms with Crippen molar-refractivity contribution < 1.29 is 4.79 Å². The van der Waals surface area contributed by atoms with E-state index in [0.29, 0.717) is 18.6 Å². The van der Waals surface area contributed by atoms with Crippen molar-refractivity contribution in [3.05, 3.63) is 35.0 Å². The highest BCUT2D eigenvalue weighted by molar-refractivity contribution is 5.85. The van der Waals surface area contributed by atoms with Crippen LogP contribution >= 0.6 is 0 Å². The number of aromatic amines is 1. The minimum atomic E-state index is 0.365. The first kappa shape index (κ1) is 12.9. The lowest BCUT2D eigenvalue weighted by atomic mass is 10.0. The molecule has 2 nitrogen and oxygen atoms in total. The molecule has 0 spiro atoms. The van der Waals surface area contributed by atoms with Crippen LogP contribution in [0.15, 0.2) is 18.2 Å². The van der Waals surface area contributed by atoms with Gasteiger partial charge in [0.2, 0.25) is 0 Å². The summed E-state index contributed by atoms with van der Waals surface area (Å²) in [5.74, 6) is 0.365. The molecule has 0 bridgehead atoms. The molecule has 0 aliphatic rings. The Morgan fingerprint density at radius 3 is 2.78 bits per heavy atom. The zero-order chi connectivity index (χ0) is 13.1. The number of carbonyl (C=O) groups is 1. The van der Waals surface area contributed by atoms with Gasteiger partial charge in [-0.05, 0) is 44.4 Å². The number of Topliss-reactive ketones (excluding diaryl/α,β-unsaturated/α-hetero) is 1. The highest BCUT2D eigenvalue weighted by Gasteiger charge is 2.09. The fourth-order valence-corrected chi connectivity index (χ4v) is 2.46. The van der Waals surface area contributed by atoms with Crippen LogP contribution in [0.4, 0.5) is 0 Å². The molecule has 0 atom stereocenters. The first-order chi connectivity index (χ1) is 8.61. The fraction of sp³-hybridized carbons (Fsp3) is 0.438. The second kappa shape index (κ2) is 5.38. The SMILES string of the molecule is CCC(=O)CCCc1c(C)[nH]c2ccc(C)cc12. The topological polar surface area (TPSA) is 32.9 Å². The smallest absolute Gasteiger partial charge is 0.132 e. The Morgan fingerprint density at radius 2 is 2.06 bits per heavy atom. The number of carbonyl (C=O) groups excluding carboxylic acids is 1. The summed E-state index contributed by atoms with van der Waals surface area (Å²) in [5.41, 5.74) is 5.10. The first-order valence-corrected chi connectivity index (χ1v) is 6.71. The molecule has 96 valence electrons. The van der Waals surface area contributed by atoms with Gasteiger partial charge in [-0.25, -0.2) is 0 Å². The molecule has 1 aromatic carbocycles. The summed E-state index contributed by atoms with van der Waals surface area (Å²) >= 11 is 0. The van der Waals surface area contributed by atoms with Crippen LogP contribution in [0.3, 0.4) is 0 Å². The molecular weight excluding hydrogens is 222 g/mol. The summed E-state index contributed by atoms with van der Waals surface area (Å²) in [4.78, 5) is 14.8. The molecule has 0 unspecified atom stereocenters. The molecule has 2 heteroatoms. The molecular formula is C16H21NO. The lowest BCUT2D eigenvalue weighted by Gasteiger charge is -2.02. The number of H-pyrrole nitrogens is 1. The third kappa shape index (κ3) is 2.63. The van der Waals surface area contributed by atoms with E-state index in [0.717, 1.165) is 12.8 Å². The number of hydrogen-bond donors (Lipinski definition) is 1. The Morgan fingerprint density at radius 1 is 1.28 bits per heavy atom. The van der Waals surface area contributed by atoms with E-state index in [2.05, 4.69) is 37.0 Å². The predicted molar refractivity (Wildman–Crippen MR) is 76.0 cm³/mol. The summed E-state index contributed by atoms with van der Waals surface area (Å²) in [7, 11) is 0. The van der Waals surface area contributed by atoms with Gasteiger partial charge in [-0.2, -0.15) is 0 Å². The maximum Gasteiger partial charge on any atom is 0.132 e. The molecule has 0 amide bonds. The summed E-state index contributed by atoms with van der Waals surface area (Å²) in [5, 5.41) is 1.32. The first-order valence-electron chi connectivity index (χ1n) is 6.71. The molecule has 0 fully saturated rings. The predicted octanol–water partition coefficient (Wildman–Crippen LogP) is 4.09. The van der Waals surface area contributed by atoms with Crippen LogP contribution in [0.2, 0.25) is 0 Å².